The minimum absolute atomic E-state index is 0.125. The Hall–Kier alpha value is -0.960. The van der Waals surface area contributed by atoms with Crippen LogP contribution in [0.2, 0.25) is 0 Å². The van der Waals surface area contributed by atoms with Gasteiger partial charge in [0.2, 0.25) is 0 Å². The van der Waals surface area contributed by atoms with Crippen molar-refractivity contribution >= 4 is 19.7 Å². The van der Waals surface area contributed by atoms with Crippen molar-refractivity contribution in [1.29, 1.82) is 0 Å². The third kappa shape index (κ3) is 4.61. The normalized spacial score (nSPS) is 26.0. The summed E-state index contributed by atoms with van der Waals surface area (Å²) < 4.78 is 51.0. The molecule has 1 N–H and O–H groups in total. The molecule has 2 fully saturated rings. The van der Waals surface area contributed by atoms with Gasteiger partial charge in [0.25, 0.3) is 0 Å². The number of benzene rings is 1. The van der Waals surface area contributed by atoms with Crippen molar-refractivity contribution in [3.05, 3.63) is 29.8 Å². The molecule has 8 heteroatoms. The van der Waals surface area contributed by atoms with Gasteiger partial charge in [0.05, 0.1) is 21.7 Å². The highest BCUT2D eigenvalue weighted by Crippen LogP contribution is 2.27. The van der Waals surface area contributed by atoms with Crippen LogP contribution >= 0.6 is 0 Å². The van der Waals surface area contributed by atoms with E-state index >= 15 is 0 Å². The second kappa shape index (κ2) is 8.05. The minimum Gasteiger partial charge on any atom is -0.310 e. The fourth-order valence-corrected chi connectivity index (χ4v) is 8.93. The van der Waals surface area contributed by atoms with Gasteiger partial charge >= 0.3 is 0 Å². The van der Waals surface area contributed by atoms with Gasteiger partial charge in [-0.2, -0.15) is 0 Å². The van der Waals surface area contributed by atoms with Crippen LogP contribution in [-0.2, 0) is 26.1 Å². The van der Waals surface area contributed by atoms with E-state index in [1.165, 1.54) is 12.8 Å². The van der Waals surface area contributed by atoms with Crippen LogP contribution < -0.4 is 5.32 Å². The molecule has 6 nitrogen and oxygen atoms in total. The third-order valence-corrected chi connectivity index (χ3v) is 10.3. The molecular weight excluding hydrogens is 396 g/mol. The molecule has 0 saturated carbocycles. The lowest BCUT2D eigenvalue weighted by Gasteiger charge is -2.37. The summed E-state index contributed by atoms with van der Waals surface area (Å²) in [6.07, 6.45) is 3.17. The van der Waals surface area contributed by atoms with Gasteiger partial charge in [0.1, 0.15) is 0 Å². The standard InChI is InChI=1S/C20H32N2O4S2/c1-4-16-7-9-17(10-8-16)28(25,26)19-14-27(23,24)13-18(19)21-15-20(2,3)22-11-5-6-12-22/h7-10,18-19,21H,4-6,11-15H2,1-3H3/t18-,19-/m0/s1. The summed E-state index contributed by atoms with van der Waals surface area (Å²) in [4.78, 5) is 2.59. The lowest BCUT2D eigenvalue weighted by atomic mass is 10.0. The third-order valence-electron chi connectivity index (χ3n) is 6.12. The van der Waals surface area contributed by atoms with E-state index in [0.29, 0.717) is 6.54 Å². The Balaban J connectivity index is 1.79. The molecule has 3 rings (SSSR count). The van der Waals surface area contributed by atoms with Gasteiger partial charge < -0.3 is 5.32 Å². The highest BCUT2D eigenvalue weighted by molar-refractivity contribution is 7.96. The zero-order chi connectivity index (χ0) is 20.6. The molecule has 2 atom stereocenters. The van der Waals surface area contributed by atoms with Crippen molar-refractivity contribution in [3.8, 4) is 0 Å². The van der Waals surface area contributed by atoms with Crippen LogP contribution in [0.4, 0.5) is 0 Å². The Morgan fingerprint density at radius 2 is 1.71 bits per heavy atom. The highest BCUT2D eigenvalue weighted by Gasteiger charge is 2.46. The van der Waals surface area contributed by atoms with Crippen molar-refractivity contribution in [2.24, 2.45) is 0 Å². The SMILES string of the molecule is CCc1ccc(S(=O)(=O)[C@H]2CS(=O)(=O)C[C@@H]2NCC(C)(C)N2CCCC2)cc1. The van der Waals surface area contributed by atoms with Crippen molar-refractivity contribution in [1.82, 2.24) is 10.2 Å². The number of aryl methyl sites for hydroxylation is 1. The molecule has 2 heterocycles. The lowest BCUT2D eigenvalue weighted by Crippen LogP contribution is -2.54. The number of hydrogen-bond acceptors (Lipinski definition) is 6. The zero-order valence-corrected chi connectivity index (χ0v) is 18.7. The van der Waals surface area contributed by atoms with Gasteiger partial charge in [-0.25, -0.2) is 16.8 Å². The van der Waals surface area contributed by atoms with E-state index in [0.717, 1.165) is 25.1 Å². The number of nitrogens with one attached hydrogen (secondary N) is 1. The highest BCUT2D eigenvalue weighted by atomic mass is 32.2. The maximum absolute atomic E-state index is 13.2. The van der Waals surface area contributed by atoms with E-state index in [9.17, 15) is 16.8 Å². The average Bonchev–Trinajstić information content (AvgIpc) is 3.28. The van der Waals surface area contributed by atoms with E-state index in [1.807, 2.05) is 6.92 Å². The van der Waals surface area contributed by atoms with Crippen LogP contribution in [0.25, 0.3) is 0 Å². The number of sulfone groups is 2. The second-order valence-electron chi connectivity index (χ2n) is 8.65. The maximum Gasteiger partial charge on any atom is 0.183 e. The first-order valence-corrected chi connectivity index (χ1v) is 13.4. The molecule has 0 radical (unpaired) electrons. The maximum atomic E-state index is 13.2. The molecule has 28 heavy (non-hydrogen) atoms. The van der Waals surface area contributed by atoms with Gasteiger partial charge in [-0.05, 0) is 63.9 Å². The summed E-state index contributed by atoms with van der Waals surface area (Å²) in [5, 5.41) is 2.36. The number of likely N-dealkylation sites (tertiary alicyclic amines) is 1. The fraction of sp³-hybridized carbons (Fsp3) is 0.700. The molecule has 0 aliphatic carbocycles. The van der Waals surface area contributed by atoms with E-state index in [1.54, 1.807) is 24.3 Å². The van der Waals surface area contributed by atoms with E-state index in [2.05, 4.69) is 24.1 Å². The molecule has 0 spiro atoms. The second-order valence-corrected chi connectivity index (χ2v) is 13.0. The van der Waals surface area contributed by atoms with Crippen molar-refractivity contribution in [2.45, 2.75) is 61.8 Å². The fourth-order valence-electron chi connectivity index (χ4n) is 4.22. The first kappa shape index (κ1) is 21.7. The minimum atomic E-state index is -3.73. The molecule has 1 aromatic carbocycles. The predicted molar refractivity (Wildman–Crippen MR) is 112 cm³/mol. The van der Waals surface area contributed by atoms with Crippen molar-refractivity contribution < 1.29 is 16.8 Å². The quantitative estimate of drug-likeness (QED) is 0.711. The van der Waals surface area contributed by atoms with Gasteiger partial charge in [-0.3, -0.25) is 4.90 Å². The van der Waals surface area contributed by atoms with Crippen LogP contribution in [-0.4, -0.2) is 69.7 Å². The summed E-state index contributed by atoms with van der Waals surface area (Å²) in [6, 6.07) is 6.22. The molecule has 2 saturated heterocycles. The average molecular weight is 429 g/mol. The van der Waals surface area contributed by atoms with Crippen LogP contribution in [0, 0.1) is 0 Å². The summed E-state index contributed by atoms with van der Waals surface area (Å²) >= 11 is 0. The number of nitrogens with zero attached hydrogens (tertiary/aromatic N) is 1. The molecule has 2 aliphatic heterocycles. The zero-order valence-electron chi connectivity index (χ0n) is 17.0. The Bertz CT molecular complexity index is 887. The molecule has 1 aromatic rings. The largest absolute Gasteiger partial charge is 0.310 e. The van der Waals surface area contributed by atoms with Gasteiger partial charge in [0, 0.05) is 18.1 Å². The number of rotatable bonds is 7. The molecule has 0 unspecified atom stereocenters. The smallest absolute Gasteiger partial charge is 0.183 e. The van der Waals surface area contributed by atoms with E-state index < -0.39 is 31.0 Å². The molecule has 158 valence electrons. The van der Waals surface area contributed by atoms with Crippen molar-refractivity contribution in [2.75, 3.05) is 31.1 Å². The monoisotopic (exact) mass is 428 g/mol. The molecular formula is C20H32N2O4S2. The summed E-state index contributed by atoms with van der Waals surface area (Å²) in [7, 11) is -7.12. The summed E-state index contributed by atoms with van der Waals surface area (Å²) in [5.74, 6) is -0.438. The topological polar surface area (TPSA) is 83.5 Å². The van der Waals surface area contributed by atoms with Crippen LogP contribution in [0.5, 0.6) is 0 Å². The van der Waals surface area contributed by atoms with E-state index in [4.69, 9.17) is 0 Å². The lowest BCUT2D eigenvalue weighted by molar-refractivity contribution is 0.148. The van der Waals surface area contributed by atoms with Gasteiger partial charge in [-0.1, -0.05) is 19.1 Å². The van der Waals surface area contributed by atoms with Crippen LogP contribution in [0.15, 0.2) is 29.2 Å². The Morgan fingerprint density at radius 1 is 1.11 bits per heavy atom. The molecule has 0 aromatic heterocycles. The summed E-state index contributed by atoms with van der Waals surface area (Å²) in [6.45, 7) is 8.89. The molecule has 0 bridgehead atoms. The molecule has 2 aliphatic rings. The Morgan fingerprint density at radius 3 is 2.29 bits per heavy atom. The van der Waals surface area contributed by atoms with Crippen LogP contribution in [0.3, 0.4) is 0 Å². The van der Waals surface area contributed by atoms with Gasteiger partial charge in [0.15, 0.2) is 19.7 Å². The van der Waals surface area contributed by atoms with Crippen molar-refractivity contribution in [3.63, 3.8) is 0 Å². The first-order valence-electron chi connectivity index (χ1n) is 10.1. The first-order chi connectivity index (χ1) is 13.0. The van der Waals surface area contributed by atoms with Crippen LogP contribution in [0.1, 0.15) is 39.2 Å². The Kier molecular flexibility index (Phi) is 6.25. The number of hydrogen-bond donors (Lipinski definition) is 1. The predicted octanol–water partition coefficient (Wildman–Crippen LogP) is 1.65. The van der Waals surface area contributed by atoms with E-state index in [-0.39, 0.29) is 21.9 Å². The summed E-state index contributed by atoms with van der Waals surface area (Å²) in [5.41, 5.74) is 0.917. The Labute approximate surface area is 169 Å². The molecule has 0 amide bonds. The van der Waals surface area contributed by atoms with Gasteiger partial charge in [-0.15, -0.1) is 0 Å².